The third-order valence-corrected chi connectivity index (χ3v) is 3.54. The van der Waals surface area contributed by atoms with Crippen molar-refractivity contribution < 1.29 is 10.2 Å². The Balaban J connectivity index is 2.11. The summed E-state index contributed by atoms with van der Waals surface area (Å²) in [7, 11) is 0. The van der Waals surface area contributed by atoms with Gasteiger partial charge in [0.25, 0.3) is 0 Å². The Labute approximate surface area is 96.3 Å². The topological polar surface area (TPSA) is 43.7 Å². The van der Waals surface area contributed by atoms with E-state index in [1.165, 1.54) is 5.56 Å². The second-order valence-corrected chi connectivity index (χ2v) is 4.44. The molecule has 0 radical (unpaired) electrons. The molecule has 1 aromatic rings. The molecule has 0 aromatic heterocycles. The van der Waals surface area contributed by atoms with Crippen molar-refractivity contribution in [2.45, 2.75) is 31.5 Å². The van der Waals surface area contributed by atoms with Crippen LogP contribution in [-0.4, -0.2) is 40.4 Å². The SMILES string of the molecule is C[C@@H](c1ccccc1)N1[C@@H](CO)C[C@@H]1CO. The van der Waals surface area contributed by atoms with Gasteiger partial charge in [-0.15, -0.1) is 0 Å². The van der Waals surface area contributed by atoms with Crippen LogP contribution in [0.1, 0.15) is 24.9 Å². The number of aliphatic hydroxyl groups excluding tert-OH is 2. The lowest BCUT2D eigenvalue weighted by atomic mass is 9.89. The summed E-state index contributed by atoms with van der Waals surface area (Å²) in [6.07, 6.45) is 0.893. The van der Waals surface area contributed by atoms with Crippen LogP contribution in [0.2, 0.25) is 0 Å². The van der Waals surface area contributed by atoms with Crippen LogP contribution in [0, 0.1) is 0 Å². The molecule has 1 fully saturated rings. The van der Waals surface area contributed by atoms with Gasteiger partial charge in [-0.25, -0.2) is 0 Å². The summed E-state index contributed by atoms with van der Waals surface area (Å²) in [5.74, 6) is 0. The lowest BCUT2D eigenvalue weighted by Crippen LogP contribution is -2.59. The standard InChI is InChI=1S/C13H19NO2/c1-10(11-5-3-2-4-6-11)14-12(8-15)7-13(14)9-16/h2-6,10,12-13,15-16H,7-9H2,1H3/t10-,12+,13+/m0/s1. The molecule has 1 saturated heterocycles. The lowest BCUT2D eigenvalue weighted by molar-refractivity contribution is -0.0677. The van der Waals surface area contributed by atoms with Crippen molar-refractivity contribution in [2.75, 3.05) is 13.2 Å². The highest BCUT2D eigenvalue weighted by Gasteiger charge is 2.40. The molecule has 1 heterocycles. The van der Waals surface area contributed by atoms with Crippen molar-refractivity contribution in [2.24, 2.45) is 0 Å². The first-order valence-corrected chi connectivity index (χ1v) is 5.82. The predicted octanol–water partition coefficient (Wildman–Crippen LogP) is 1.18. The Morgan fingerprint density at radius 3 is 2.25 bits per heavy atom. The minimum atomic E-state index is 0.174. The molecule has 0 amide bonds. The van der Waals surface area contributed by atoms with Gasteiger partial charge in [0.1, 0.15) is 0 Å². The van der Waals surface area contributed by atoms with Gasteiger partial charge in [-0.2, -0.15) is 0 Å². The van der Waals surface area contributed by atoms with Crippen LogP contribution in [0.5, 0.6) is 0 Å². The van der Waals surface area contributed by atoms with Gasteiger partial charge in [-0.05, 0) is 18.9 Å². The van der Waals surface area contributed by atoms with E-state index in [1.54, 1.807) is 0 Å². The minimum Gasteiger partial charge on any atom is -0.395 e. The predicted molar refractivity (Wildman–Crippen MR) is 63.1 cm³/mol. The van der Waals surface area contributed by atoms with E-state index < -0.39 is 0 Å². The molecule has 0 bridgehead atoms. The number of aliphatic hydroxyl groups is 2. The highest BCUT2D eigenvalue weighted by Crippen LogP contribution is 2.34. The second kappa shape index (κ2) is 4.95. The van der Waals surface area contributed by atoms with Crippen LogP contribution >= 0.6 is 0 Å². The summed E-state index contributed by atoms with van der Waals surface area (Å²) < 4.78 is 0. The molecule has 3 atom stereocenters. The quantitative estimate of drug-likeness (QED) is 0.802. The van der Waals surface area contributed by atoms with Gasteiger partial charge in [-0.3, -0.25) is 4.90 Å². The molecule has 1 aliphatic heterocycles. The molecule has 1 aromatic carbocycles. The lowest BCUT2D eigenvalue weighted by Gasteiger charge is -2.50. The number of likely N-dealkylation sites (tertiary alicyclic amines) is 1. The fraction of sp³-hybridized carbons (Fsp3) is 0.538. The van der Waals surface area contributed by atoms with Crippen molar-refractivity contribution in [1.82, 2.24) is 4.90 Å². The normalized spacial score (nSPS) is 27.4. The zero-order chi connectivity index (χ0) is 11.5. The smallest absolute Gasteiger partial charge is 0.0587 e. The maximum absolute atomic E-state index is 9.24. The van der Waals surface area contributed by atoms with Crippen molar-refractivity contribution in [3.8, 4) is 0 Å². The summed E-state index contributed by atoms with van der Waals surface area (Å²) in [6, 6.07) is 10.9. The summed E-state index contributed by atoms with van der Waals surface area (Å²) in [4.78, 5) is 2.20. The summed E-state index contributed by atoms with van der Waals surface area (Å²) in [5.41, 5.74) is 1.24. The van der Waals surface area contributed by atoms with Crippen LogP contribution in [0.3, 0.4) is 0 Å². The van der Waals surface area contributed by atoms with Crippen molar-refractivity contribution in [3.63, 3.8) is 0 Å². The molecular weight excluding hydrogens is 202 g/mol. The molecular formula is C13H19NO2. The Morgan fingerprint density at radius 2 is 1.75 bits per heavy atom. The highest BCUT2D eigenvalue weighted by molar-refractivity contribution is 5.19. The van der Waals surface area contributed by atoms with Crippen molar-refractivity contribution in [1.29, 1.82) is 0 Å². The molecule has 0 spiro atoms. The first-order valence-electron chi connectivity index (χ1n) is 5.82. The Hall–Kier alpha value is -0.900. The first kappa shape index (κ1) is 11.6. The summed E-state index contributed by atoms with van der Waals surface area (Å²) in [6.45, 7) is 2.47. The average molecular weight is 221 g/mol. The summed E-state index contributed by atoms with van der Waals surface area (Å²) >= 11 is 0. The van der Waals surface area contributed by atoms with E-state index in [9.17, 15) is 10.2 Å². The number of rotatable bonds is 4. The van der Waals surface area contributed by atoms with E-state index in [-0.39, 0.29) is 31.3 Å². The van der Waals surface area contributed by atoms with Crippen molar-refractivity contribution in [3.05, 3.63) is 35.9 Å². The highest BCUT2D eigenvalue weighted by atomic mass is 16.3. The van der Waals surface area contributed by atoms with Crippen LogP contribution < -0.4 is 0 Å². The van der Waals surface area contributed by atoms with E-state index >= 15 is 0 Å². The van der Waals surface area contributed by atoms with Gasteiger partial charge in [0, 0.05) is 18.1 Å². The van der Waals surface area contributed by atoms with E-state index in [2.05, 4.69) is 24.0 Å². The molecule has 0 unspecified atom stereocenters. The van der Waals surface area contributed by atoms with E-state index in [1.807, 2.05) is 18.2 Å². The fourth-order valence-electron chi connectivity index (χ4n) is 2.59. The Kier molecular flexibility index (Phi) is 3.59. The maximum atomic E-state index is 9.24. The van der Waals surface area contributed by atoms with E-state index in [0.29, 0.717) is 0 Å². The van der Waals surface area contributed by atoms with Gasteiger partial charge in [0.15, 0.2) is 0 Å². The number of benzene rings is 1. The second-order valence-electron chi connectivity index (χ2n) is 4.44. The molecule has 2 N–H and O–H groups in total. The van der Waals surface area contributed by atoms with Crippen LogP contribution in [0.4, 0.5) is 0 Å². The Morgan fingerprint density at radius 1 is 1.19 bits per heavy atom. The molecule has 1 aliphatic rings. The monoisotopic (exact) mass is 221 g/mol. The molecule has 3 nitrogen and oxygen atoms in total. The minimum absolute atomic E-state index is 0.174. The van der Waals surface area contributed by atoms with Gasteiger partial charge >= 0.3 is 0 Å². The third kappa shape index (κ3) is 1.98. The van der Waals surface area contributed by atoms with Gasteiger partial charge < -0.3 is 10.2 Å². The number of hydrogen-bond donors (Lipinski definition) is 2. The number of hydrogen-bond acceptors (Lipinski definition) is 3. The first-order chi connectivity index (χ1) is 7.77. The molecule has 0 aliphatic carbocycles. The molecule has 88 valence electrons. The van der Waals surface area contributed by atoms with Crippen LogP contribution in [0.25, 0.3) is 0 Å². The molecule has 16 heavy (non-hydrogen) atoms. The van der Waals surface area contributed by atoms with Crippen molar-refractivity contribution >= 4 is 0 Å². The maximum Gasteiger partial charge on any atom is 0.0587 e. The summed E-state index contributed by atoms with van der Waals surface area (Å²) in [5, 5.41) is 18.5. The zero-order valence-electron chi connectivity index (χ0n) is 9.58. The van der Waals surface area contributed by atoms with E-state index in [0.717, 1.165) is 6.42 Å². The fourth-order valence-corrected chi connectivity index (χ4v) is 2.59. The Bertz CT molecular complexity index is 318. The number of nitrogens with zero attached hydrogens (tertiary/aromatic N) is 1. The molecule has 0 saturated carbocycles. The van der Waals surface area contributed by atoms with Gasteiger partial charge in [-0.1, -0.05) is 30.3 Å². The molecule has 3 heteroatoms. The van der Waals surface area contributed by atoms with Gasteiger partial charge in [0.05, 0.1) is 13.2 Å². The largest absolute Gasteiger partial charge is 0.395 e. The van der Waals surface area contributed by atoms with Crippen LogP contribution in [0.15, 0.2) is 30.3 Å². The van der Waals surface area contributed by atoms with E-state index in [4.69, 9.17) is 0 Å². The molecule has 2 rings (SSSR count). The van der Waals surface area contributed by atoms with Gasteiger partial charge in [0.2, 0.25) is 0 Å². The third-order valence-electron chi connectivity index (χ3n) is 3.54. The van der Waals surface area contributed by atoms with Crippen LogP contribution in [-0.2, 0) is 0 Å². The average Bonchev–Trinajstić information content (AvgIpc) is 2.30. The zero-order valence-corrected chi connectivity index (χ0v) is 9.58.